The van der Waals surface area contributed by atoms with Crippen molar-refractivity contribution in [3.8, 4) is 6.07 Å². The first-order valence-corrected chi connectivity index (χ1v) is 6.73. The normalized spacial score (nSPS) is 19.3. The van der Waals surface area contributed by atoms with Crippen LogP contribution in [0.25, 0.3) is 0 Å². The lowest BCUT2D eigenvalue weighted by Gasteiger charge is -2.28. The lowest BCUT2D eigenvalue weighted by molar-refractivity contribution is -0.123. The summed E-state index contributed by atoms with van der Waals surface area (Å²) >= 11 is 0. The molecule has 1 unspecified atom stereocenters. The first-order chi connectivity index (χ1) is 9.67. The maximum Gasteiger partial charge on any atom is 0.234 e. The second kappa shape index (κ2) is 7.04. The number of aryl methyl sites for hydroxylation is 1. The number of nitrogens with one attached hydrogen (secondary N) is 1. The van der Waals surface area contributed by atoms with Crippen LogP contribution in [-0.4, -0.2) is 43.2 Å². The third-order valence-electron chi connectivity index (χ3n) is 3.23. The number of morpholine rings is 1. The summed E-state index contributed by atoms with van der Waals surface area (Å²) in [6.07, 6.45) is -0.423. The van der Waals surface area contributed by atoms with Gasteiger partial charge in [0, 0.05) is 19.6 Å². The van der Waals surface area contributed by atoms with Crippen LogP contribution in [0, 0.1) is 18.3 Å². The monoisotopic (exact) mass is 273 g/mol. The highest BCUT2D eigenvalue weighted by Gasteiger charge is 2.21. The molecule has 0 saturated carbocycles. The van der Waals surface area contributed by atoms with E-state index in [4.69, 9.17) is 10.00 Å². The zero-order valence-corrected chi connectivity index (χ0v) is 11.6. The number of carbonyl (C=O) groups is 1. The number of nitriles is 1. The van der Waals surface area contributed by atoms with Gasteiger partial charge in [0.1, 0.15) is 0 Å². The van der Waals surface area contributed by atoms with E-state index in [0.717, 1.165) is 5.56 Å². The first-order valence-electron chi connectivity index (χ1n) is 6.73. The molecule has 0 aliphatic carbocycles. The Hall–Kier alpha value is -1.90. The molecule has 1 amide bonds. The minimum atomic E-state index is -0.423. The van der Waals surface area contributed by atoms with Crippen LogP contribution in [-0.2, 0) is 16.1 Å². The van der Waals surface area contributed by atoms with E-state index < -0.39 is 6.10 Å². The van der Waals surface area contributed by atoms with Gasteiger partial charge in [0.15, 0.2) is 6.10 Å². The van der Waals surface area contributed by atoms with Crippen LogP contribution >= 0.6 is 0 Å². The highest BCUT2D eigenvalue weighted by atomic mass is 16.5. The molecule has 0 aromatic heterocycles. The molecule has 1 heterocycles. The minimum Gasteiger partial charge on any atom is -0.361 e. The number of amides is 1. The molecule has 1 aromatic carbocycles. The van der Waals surface area contributed by atoms with Crippen LogP contribution in [0.4, 0.5) is 0 Å². The number of ether oxygens (including phenoxy) is 1. The number of hydrogen-bond acceptors (Lipinski definition) is 4. The van der Waals surface area contributed by atoms with Crippen LogP contribution in [0.3, 0.4) is 0 Å². The van der Waals surface area contributed by atoms with Gasteiger partial charge in [0.2, 0.25) is 5.91 Å². The molecule has 106 valence electrons. The van der Waals surface area contributed by atoms with Crippen LogP contribution in [0.15, 0.2) is 24.3 Å². The Labute approximate surface area is 119 Å². The van der Waals surface area contributed by atoms with Crippen molar-refractivity contribution in [1.82, 2.24) is 10.2 Å². The van der Waals surface area contributed by atoms with Crippen molar-refractivity contribution in [2.45, 2.75) is 19.6 Å². The number of nitrogens with zero attached hydrogens (tertiary/aromatic N) is 2. The Morgan fingerprint density at radius 2 is 2.45 bits per heavy atom. The van der Waals surface area contributed by atoms with Crippen LogP contribution in [0.2, 0.25) is 0 Å². The van der Waals surface area contributed by atoms with Gasteiger partial charge in [0.25, 0.3) is 0 Å². The van der Waals surface area contributed by atoms with E-state index in [1.165, 1.54) is 5.56 Å². The van der Waals surface area contributed by atoms with E-state index in [9.17, 15) is 4.79 Å². The third-order valence-corrected chi connectivity index (χ3v) is 3.23. The van der Waals surface area contributed by atoms with E-state index in [2.05, 4.69) is 17.5 Å². The van der Waals surface area contributed by atoms with Gasteiger partial charge in [0.05, 0.1) is 19.2 Å². The summed E-state index contributed by atoms with van der Waals surface area (Å²) in [5.74, 6) is -0.0231. The quantitative estimate of drug-likeness (QED) is 0.882. The third kappa shape index (κ3) is 4.34. The molecule has 0 spiro atoms. The Bertz CT molecular complexity index is 510. The molecule has 1 saturated heterocycles. The summed E-state index contributed by atoms with van der Waals surface area (Å²) in [5, 5.41) is 11.7. The summed E-state index contributed by atoms with van der Waals surface area (Å²) in [6.45, 7) is 4.56. The van der Waals surface area contributed by atoms with Gasteiger partial charge in [-0.05, 0) is 12.5 Å². The van der Waals surface area contributed by atoms with Gasteiger partial charge >= 0.3 is 0 Å². The number of rotatable bonds is 4. The van der Waals surface area contributed by atoms with Gasteiger partial charge < -0.3 is 10.1 Å². The fourth-order valence-corrected chi connectivity index (χ4v) is 2.21. The molecule has 20 heavy (non-hydrogen) atoms. The maximum atomic E-state index is 11.9. The summed E-state index contributed by atoms with van der Waals surface area (Å²) in [7, 11) is 0. The van der Waals surface area contributed by atoms with E-state index in [-0.39, 0.29) is 5.91 Å². The lowest BCUT2D eigenvalue weighted by atomic mass is 10.1. The molecule has 5 nitrogen and oxygen atoms in total. The SMILES string of the molecule is Cc1cccc(CNC(=O)CN2CCOC(C#N)C2)c1. The summed E-state index contributed by atoms with van der Waals surface area (Å²) in [6, 6.07) is 10.1. The fourth-order valence-electron chi connectivity index (χ4n) is 2.21. The first kappa shape index (κ1) is 14.5. The zero-order chi connectivity index (χ0) is 14.4. The van der Waals surface area contributed by atoms with E-state index in [0.29, 0.717) is 32.8 Å². The average Bonchev–Trinajstić information content (AvgIpc) is 2.45. The van der Waals surface area contributed by atoms with Crippen molar-refractivity contribution in [3.63, 3.8) is 0 Å². The van der Waals surface area contributed by atoms with Gasteiger partial charge in [-0.3, -0.25) is 9.69 Å². The van der Waals surface area contributed by atoms with Crippen molar-refractivity contribution >= 4 is 5.91 Å². The zero-order valence-electron chi connectivity index (χ0n) is 11.6. The molecule has 2 rings (SSSR count). The Kier molecular flexibility index (Phi) is 5.10. The van der Waals surface area contributed by atoms with Gasteiger partial charge in [-0.25, -0.2) is 0 Å². The van der Waals surface area contributed by atoms with Crippen molar-refractivity contribution < 1.29 is 9.53 Å². The van der Waals surface area contributed by atoms with Crippen molar-refractivity contribution in [2.24, 2.45) is 0 Å². The van der Waals surface area contributed by atoms with Crippen LogP contribution < -0.4 is 5.32 Å². The van der Waals surface area contributed by atoms with Crippen molar-refractivity contribution in [3.05, 3.63) is 35.4 Å². The predicted molar refractivity (Wildman–Crippen MR) is 74.8 cm³/mol. The Morgan fingerprint density at radius 3 is 3.20 bits per heavy atom. The summed E-state index contributed by atoms with van der Waals surface area (Å²) < 4.78 is 5.25. The number of benzene rings is 1. The standard InChI is InChI=1S/C15H19N3O2/c1-12-3-2-4-13(7-12)9-17-15(19)11-18-5-6-20-14(8-16)10-18/h2-4,7,14H,5-6,9-11H2,1H3,(H,17,19). The molecular formula is C15H19N3O2. The summed E-state index contributed by atoms with van der Waals surface area (Å²) in [4.78, 5) is 13.8. The van der Waals surface area contributed by atoms with Crippen molar-refractivity contribution in [2.75, 3.05) is 26.2 Å². The fraction of sp³-hybridized carbons (Fsp3) is 0.467. The molecule has 5 heteroatoms. The van der Waals surface area contributed by atoms with Crippen LogP contribution in [0.5, 0.6) is 0 Å². The average molecular weight is 273 g/mol. The van der Waals surface area contributed by atoms with E-state index in [1.54, 1.807) is 0 Å². The molecule has 1 atom stereocenters. The number of hydrogen-bond donors (Lipinski definition) is 1. The topological polar surface area (TPSA) is 65.4 Å². The highest BCUT2D eigenvalue weighted by Crippen LogP contribution is 2.05. The molecule has 1 aromatic rings. The maximum absolute atomic E-state index is 11.9. The minimum absolute atomic E-state index is 0.0231. The Morgan fingerprint density at radius 1 is 1.60 bits per heavy atom. The molecule has 1 N–H and O–H groups in total. The number of carbonyl (C=O) groups excluding carboxylic acids is 1. The van der Waals surface area contributed by atoms with E-state index in [1.807, 2.05) is 30.0 Å². The molecule has 1 aliphatic heterocycles. The second-order valence-corrected chi connectivity index (χ2v) is 4.99. The highest BCUT2D eigenvalue weighted by molar-refractivity contribution is 5.78. The second-order valence-electron chi connectivity index (χ2n) is 4.99. The Balaban J connectivity index is 1.77. The molecular weight excluding hydrogens is 254 g/mol. The lowest BCUT2D eigenvalue weighted by Crippen LogP contribution is -2.46. The van der Waals surface area contributed by atoms with Gasteiger partial charge in [-0.15, -0.1) is 0 Å². The van der Waals surface area contributed by atoms with Gasteiger partial charge in [-0.1, -0.05) is 29.8 Å². The molecule has 1 aliphatic rings. The molecule has 1 fully saturated rings. The van der Waals surface area contributed by atoms with Crippen molar-refractivity contribution in [1.29, 1.82) is 5.26 Å². The largest absolute Gasteiger partial charge is 0.361 e. The predicted octanol–water partition coefficient (Wildman–Crippen LogP) is 0.836. The summed E-state index contributed by atoms with van der Waals surface area (Å²) in [5.41, 5.74) is 2.28. The van der Waals surface area contributed by atoms with Gasteiger partial charge in [-0.2, -0.15) is 5.26 Å². The molecule has 0 bridgehead atoms. The van der Waals surface area contributed by atoms with E-state index >= 15 is 0 Å². The molecule has 0 radical (unpaired) electrons. The smallest absolute Gasteiger partial charge is 0.234 e. The van der Waals surface area contributed by atoms with Crippen LogP contribution in [0.1, 0.15) is 11.1 Å².